The fourth-order valence-corrected chi connectivity index (χ4v) is 6.78. The van der Waals surface area contributed by atoms with Crippen molar-refractivity contribution < 1.29 is 28.6 Å². The van der Waals surface area contributed by atoms with Gasteiger partial charge < -0.3 is 14.2 Å². The van der Waals surface area contributed by atoms with Crippen LogP contribution in [-0.2, 0) is 28.6 Å². The zero-order valence-corrected chi connectivity index (χ0v) is 36.7. The minimum Gasteiger partial charge on any atom is -0.462 e. The first-order valence-corrected chi connectivity index (χ1v) is 23.8. The van der Waals surface area contributed by atoms with Crippen LogP contribution in [-0.4, -0.2) is 37.2 Å². The quantitative estimate of drug-likeness (QED) is 0.0266. The molecule has 0 aromatic rings. The highest BCUT2D eigenvalue weighted by Gasteiger charge is 2.19. The van der Waals surface area contributed by atoms with Crippen LogP contribution in [0.3, 0.4) is 0 Å². The molecule has 0 amide bonds. The first-order chi connectivity index (χ1) is 27.0. The molecule has 6 heteroatoms. The lowest BCUT2D eigenvalue weighted by molar-refractivity contribution is -0.167. The summed E-state index contributed by atoms with van der Waals surface area (Å²) in [6.45, 7) is 6.59. The highest BCUT2D eigenvalue weighted by atomic mass is 16.6. The van der Waals surface area contributed by atoms with E-state index < -0.39 is 6.10 Å². The van der Waals surface area contributed by atoms with Crippen LogP contribution in [0.2, 0.25) is 0 Å². The lowest BCUT2D eigenvalue weighted by Gasteiger charge is -2.18. The first kappa shape index (κ1) is 52.9. The second kappa shape index (κ2) is 44.6. The molecule has 0 rings (SSSR count). The van der Waals surface area contributed by atoms with Crippen molar-refractivity contribution in [3.63, 3.8) is 0 Å². The molecule has 0 aromatic carbocycles. The molecular weight excluding hydrogens is 685 g/mol. The van der Waals surface area contributed by atoms with Gasteiger partial charge in [0.2, 0.25) is 0 Å². The largest absolute Gasteiger partial charge is 0.462 e. The molecule has 55 heavy (non-hydrogen) atoms. The maximum Gasteiger partial charge on any atom is 0.306 e. The normalized spacial score (nSPS) is 12.1. The second-order valence-corrected chi connectivity index (χ2v) is 16.0. The Morgan fingerprint density at radius 3 is 0.927 bits per heavy atom. The summed E-state index contributed by atoms with van der Waals surface area (Å²) < 4.78 is 16.7. The molecular formula is C49H90O6. The maximum absolute atomic E-state index is 12.7. The molecule has 0 saturated heterocycles. The smallest absolute Gasteiger partial charge is 0.306 e. The van der Waals surface area contributed by atoms with Gasteiger partial charge in [0.25, 0.3) is 0 Å². The van der Waals surface area contributed by atoms with E-state index in [9.17, 15) is 14.4 Å². The van der Waals surface area contributed by atoms with Crippen LogP contribution in [0.15, 0.2) is 24.3 Å². The number of carbonyl (C=O) groups is 3. The van der Waals surface area contributed by atoms with Gasteiger partial charge in [-0.25, -0.2) is 0 Å². The number of esters is 3. The lowest BCUT2D eigenvalue weighted by Crippen LogP contribution is -2.30. The van der Waals surface area contributed by atoms with Gasteiger partial charge in [-0.2, -0.15) is 0 Å². The summed E-state index contributed by atoms with van der Waals surface area (Å²) in [6, 6.07) is 0. The van der Waals surface area contributed by atoms with Gasteiger partial charge in [-0.1, -0.05) is 186 Å². The molecule has 0 radical (unpaired) electrons. The van der Waals surface area contributed by atoms with Crippen molar-refractivity contribution in [2.45, 2.75) is 258 Å². The van der Waals surface area contributed by atoms with E-state index in [-0.39, 0.29) is 31.1 Å². The molecule has 0 saturated carbocycles. The SMILES string of the molecule is CCCCCCC=CCCCCCCCC(=O)OCC(COC(=O)CCCCCCCCCCCCC)OC(=O)CCCCCCCC=CCCCCCC. The van der Waals surface area contributed by atoms with Crippen LogP contribution in [0.1, 0.15) is 252 Å². The maximum atomic E-state index is 12.7. The molecule has 0 aromatic heterocycles. The van der Waals surface area contributed by atoms with Crippen LogP contribution >= 0.6 is 0 Å². The molecule has 0 spiro atoms. The van der Waals surface area contributed by atoms with Crippen molar-refractivity contribution in [2.75, 3.05) is 13.2 Å². The van der Waals surface area contributed by atoms with Crippen molar-refractivity contribution in [3.8, 4) is 0 Å². The van der Waals surface area contributed by atoms with Crippen LogP contribution in [0, 0.1) is 0 Å². The van der Waals surface area contributed by atoms with Gasteiger partial charge in [-0.05, 0) is 70.6 Å². The average Bonchev–Trinajstić information content (AvgIpc) is 3.18. The molecule has 0 aliphatic heterocycles. The third kappa shape index (κ3) is 42.9. The highest BCUT2D eigenvalue weighted by molar-refractivity contribution is 5.71. The van der Waals surface area contributed by atoms with Gasteiger partial charge in [0.15, 0.2) is 6.10 Å². The first-order valence-electron chi connectivity index (χ1n) is 23.8. The molecule has 0 bridgehead atoms. The van der Waals surface area contributed by atoms with Crippen LogP contribution < -0.4 is 0 Å². The minimum atomic E-state index is -0.772. The van der Waals surface area contributed by atoms with Gasteiger partial charge in [0, 0.05) is 19.3 Å². The molecule has 322 valence electrons. The third-order valence-corrected chi connectivity index (χ3v) is 10.4. The summed E-state index contributed by atoms with van der Waals surface area (Å²) in [7, 11) is 0. The molecule has 0 aliphatic carbocycles. The summed E-state index contributed by atoms with van der Waals surface area (Å²) in [5, 5.41) is 0. The number of hydrogen-bond donors (Lipinski definition) is 0. The Hall–Kier alpha value is -2.11. The Labute approximate surface area is 341 Å². The number of allylic oxidation sites excluding steroid dienone is 4. The molecule has 0 heterocycles. The molecule has 6 nitrogen and oxygen atoms in total. The Morgan fingerprint density at radius 2 is 0.600 bits per heavy atom. The van der Waals surface area contributed by atoms with Crippen molar-refractivity contribution in [1.82, 2.24) is 0 Å². The average molecular weight is 775 g/mol. The van der Waals surface area contributed by atoms with E-state index >= 15 is 0 Å². The standard InChI is InChI=1S/C49H90O6/c1-4-7-10-13-16-19-22-24-27-30-33-36-39-42-48(51)54-45-46(44-53-47(50)41-38-35-32-29-26-21-18-15-12-9-6-3)55-49(52)43-40-37-34-31-28-25-23-20-17-14-11-8-5-2/h19-20,22-23,46H,4-18,21,24-45H2,1-3H3. The van der Waals surface area contributed by atoms with E-state index in [2.05, 4.69) is 45.1 Å². The Bertz CT molecular complexity index is 896. The van der Waals surface area contributed by atoms with E-state index in [0.29, 0.717) is 19.3 Å². The summed E-state index contributed by atoms with van der Waals surface area (Å²) in [6.07, 6.45) is 48.7. The Balaban J connectivity index is 4.38. The molecule has 1 unspecified atom stereocenters. The fourth-order valence-electron chi connectivity index (χ4n) is 6.78. The summed E-state index contributed by atoms with van der Waals surface area (Å²) >= 11 is 0. The number of unbranched alkanes of at least 4 members (excludes halogenated alkanes) is 28. The topological polar surface area (TPSA) is 78.9 Å². The van der Waals surface area contributed by atoms with Gasteiger partial charge >= 0.3 is 17.9 Å². The fraction of sp³-hybridized carbons (Fsp3) is 0.857. The van der Waals surface area contributed by atoms with Gasteiger partial charge in [0.05, 0.1) is 0 Å². The molecule has 0 fully saturated rings. The van der Waals surface area contributed by atoms with Gasteiger partial charge in [-0.15, -0.1) is 0 Å². The number of rotatable bonds is 43. The van der Waals surface area contributed by atoms with Crippen LogP contribution in [0.5, 0.6) is 0 Å². The second-order valence-electron chi connectivity index (χ2n) is 16.0. The van der Waals surface area contributed by atoms with Crippen LogP contribution in [0.4, 0.5) is 0 Å². The summed E-state index contributed by atoms with van der Waals surface area (Å²) in [5.74, 6) is -0.886. The van der Waals surface area contributed by atoms with Crippen LogP contribution in [0.25, 0.3) is 0 Å². The van der Waals surface area contributed by atoms with E-state index in [1.165, 1.54) is 141 Å². The zero-order valence-electron chi connectivity index (χ0n) is 36.7. The molecule has 0 aliphatic rings. The van der Waals surface area contributed by atoms with Crippen molar-refractivity contribution in [3.05, 3.63) is 24.3 Å². The number of carbonyl (C=O) groups excluding carboxylic acids is 3. The molecule has 1 atom stereocenters. The van der Waals surface area contributed by atoms with E-state index in [0.717, 1.165) is 70.6 Å². The van der Waals surface area contributed by atoms with Crippen molar-refractivity contribution in [1.29, 1.82) is 0 Å². The Kier molecular flexibility index (Phi) is 42.9. The summed E-state index contributed by atoms with van der Waals surface area (Å²) in [4.78, 5) is 37.8. The Morgan fingerprint density at radius 1 is 0.345 bits per heavy atom. The predicted molar refractivity (Wildman–Crippen MR) is 233 cm³/mol. The van der Waals surface area contributed by atoms with E-state index in [1.807, 2.05) is 0 Å². The van der Waals surface area contributed by atoms with Gasteiger partial charge in [0.1, 0.15) is 13.2 Å². The van der Waals surface area contributed by atoms with E-state index in [4.69, 9.17) is 14.2 Å². The highest BCUT2D eigenvalue weighted by Crippen LogP contribution is 2.14. The number of ether oxygens (including phenoxy) is 3. The third-order valence-electron chi connectivity index (χ3n) is 10.4. The predicted octanol–water partition coefficient (Wildman–Crippen LogP) is 15.2. The lowest BCUT2D eigenvalue weighted by atomic mass is 10.1. The summed E-state index contributed by atoms with van der Waals surface area (Å²) in [5.41, 5.74) is 0. The monoisotopic (exact) mass is 775 g/mol. The van der Waals surface area contributed by atoms with E-state index in [1.54, 1.807) is 0 Å². The number of hydrogen-bond acceptors (Lipinski definition) is 6. The molecule has 0 N–H and O–H groups in total. The minimum absolute atomic E-state index is 0.0742. The zero-order chi connectivity index (χ0) is 40.1. The van der Waals surface area contributed by atoms with Crippen molar-refractivity contribution in [2.24, 2.45) is 0 Å². The van der Waals surface area contributed by atoms with Crippen molar-refractivity contribution >= 4 is 17.9 Å². The van der Waals surface area contributed by atoms with Gasteiger partial charge in [-0.3, -0.25) is 14.4 Å².